The molecule has 1 fully saturated rings. The Kier molecular flexibility index (Phi) is 6.58. The van der Waals surface area contributed by atoms with Crippen molar-refractivity contribution in [3.05, 3.63) is 63.1 Å². The number of rotatable bonds is 4. The normalized spacial score (nSPS) is 20.4. The van der Waals surface area contributed by atoms with Crippen LogP contribution in [0.15, 0.2) is 35.2 Å². The van der Waals surface area contributed by atoms with Gasteiger partial charge >= 0.3 is 0 Å². The number of fused-ring (bicyclic) bond motifs is 1. The number of aryl methyl sites for hydroxylation is 3. The van der Waals surface area contributed by atoms with Crippen molar-refractivity contribution in [2.75, 3.05) is 23.8 Å². The number of imide groups is 1. The molecule has 2 aromatic rings. The maximum atomic E-state index is 13.0. The second-order valence-corrected chi connectivity index (χ2v) is 11.4. The molecule has 0 saturated carbocycles. The topological polar surface area (TPSA) is 69.7 Å². The number of anilines is 2. The van der Waals surface area contributed by atoms with Crippen molar-refractivity contribution in [3.8, 4) is 0 Å². The third-order valence-electron chi connectivity index (χ3n) is 7.14. The van der Waals surface area contributed by atoms with E-state index in [1.807, 2.05) is 39.0 Å². The minimum absolute atomic E-state index is 0.0702. The van der Waals surface area contributed by atoms with Gasteiger partial charge in [-0.1, -0.05) is 24.6 Å². The van der Waals surface area contributed by atoms with Crippen LogP contribution in [0.1, 0.15) is 60.9 Å². The van der Waals surface area contributed by atoms with Gasteiger partial charge in [-0.25, -0.2) is 0 Å². The summed E-state index contributed by atoms with van der Waals surface area (Å²) in [6.07, 6.45) is 2.82. The molecule has 2 aliphatic heterocycles. The zero-order valence-electron chi connectivity index (χ0n) is 21.5. The Morgan fingerprint density at radius 1 is 1.14 bits per heavy atom. The van der Waals surface area contributed by atoms with E-state index in [1.54, 1.807) is 6.08 Å². The van der Waals surface area contributed by atoms with Crippen molar-refractivity contribution in [1.82, 2.24) is 4.90 Å². The number of hydrogen-bond acceptors (Lipinski definition) is 5. The lowest BCUT2D eigenvalue weighted by Crippen LogP contribution is -2.45. The second-order valence-electron chi connectivity index (χ2n) is 10.4. The number of carbonyl (C=O) groups is 3. The Hall–Kier alpha value is -3.06. The van der Waals surface area contributed by atoms with Crippen LogP contribution in [-0.4, -0.2) is 41.1 Å². The van der Waals surface area contributed by atoms with Crippen LogP contribution in [0.4, 0.5) is 16.2 Å². The summed E-state index contributed by atoms with van der Waals surface area (Å²) in [5, 5.41) is 2.38. The molecular weight excluding hydrogens is 458 g/mol. The molecule has 4 rings (SSSR count). The fourth-order valence-corrected chi connectivity index (χ4v) is 5.78. The highest BCUT2D eigenvalue weighted by Crippen LogP contribution is 2.44. The van der Waals surface area contributed by atoms with Gasteiger partial charge in [-0.2, -0.15) is 0 Å². The Labute approximate surface area is 211 Å². The molecule has 0 aliphatic carbocycles. The van der Waals surface area contributed by atoms with E-state index in [1.165, 1.54) is 11.3 Å². The van der Waals surface area contributed by atoms with Crippen molar-refractivity contribution in [3.63, 3.8) is 0 Å². The first-order valence-electron chi connectivity index (χ1n) is 11.9. The van der Waals surface area contributed by atoms with E-state index in [-0.39, 0.29) is 12.1 Å². The fourth-order valence-electron chi connectivity index (χ4n) is 4.95. The van der Waals surface area contributed by atoms with Gasteiger partial charge in [0.25, 0.3) is 11.1 Å². The van der Waals surface area contributed by atoms with Crippen LogP contribution >= 0.6 is 11.8 Å². The summed E-state index contributed by atoms with van der Waals surface area (Å²) in [6, 6.07) is 10.0. The molecule has 1 N–H and O–H groups in total. The highest BCUT2D eigenvalue weighted by Gasteiger charge is 2.37. The number of carbonyl (C=O) groups excluding carboxylic acids is 3. The Morgan fingerprint density at radius 2 is 1.86 bits per heavy atom. The van der Waals surface area contributed by atoms with Crippen LogP contribution in [-0.2, 0) is 9.59 Å². The molecule has 0 unspecified atom stereocenters. The lowest BCUT2D eigenvalue weighted by Gasteiger charge is -2.45. The van der Waals surface area contributed by atoms with Crippen molar-refractivity contribution >= 4 is 46.3 Å². The molecule has 3 amide bonds. The van der Waals surface area contributed by atoms with E-state index in [0.717, 1.165) is 45.3 Å². The number of benzene rings is 2. The zero-order valence-corrected chi connectivity index (χ0v) is 22.3. The first-order valence-corrected chi connectivity index (χ1v) is 12.7. The standard InChI is InChI=1S/C28H33N3O3S/c1-16-8-9-22(18(3)10-16)29-25(32)15-31-26(33)24(35-27(31)34)13-20-12-21-19(4)14-28(5,6)30(7)23(21)11-17(20)2/h8-13,19H,14-15H2,1-7H3,(H,29,32)/b24-13-/t19-/m0/s1. The summed E-state index contributed by atoms with van der Waals surface area (Å²) >= 11 is 0.885. The van der Waals surface area contributed by atoms with E-state index < -0.39 is 17.1 Å². The summed E-state index contributed by atoms with van der Waals surface area (Å²) in [7, 11) is 2.12. The first kappa shape index (κ1) is 25.0. The average molecular weight is 492 g/mol. The summed E-state index contributed by atoms with van der Waals surface area (Å²) in [5.41, 5.74) is 7.19. The van der Waals surface area contributed by atoms with E-state index in [0.29, 0.717) is 16.5 Å². The SMILES string of the molecule is Cc1ccc(NC(=O)CN2C(=O)S/C(=C\c3cc4c(cc3C)N(C)C(C)(C)C[C@@H]4C)C2=O)c(C)c1. The van der Waals surface area contributed by atoms with Gasteiger partial charge in [-0.05, 0) is 105 Å². The highest BCUT2D eigenvalue weighted by atomic mass is 32.2. The van der Waals surface area contributed by atoms with Crippen LogP contribution < -0.4 is 10.2 Å². The van der Waals surface area contributed by atoms with Gasteiger partial charge in [-0.3, -0.25) is 19.3 Å². The monoisotopic (exact) mass is 491 g/mol. The number of thioether (sulfide) groups is 1. The van der Waals surface area contributed by atoms with Crippen LogP contribution in [0.25, 0.3) is 6.08 Å². The molecule has 2 heterocycles. The van der Waals surface area contributed by atoms with Gasteiger partial charge < -0.3 is 10.2 Å². The van der Waals surface area contributed by atoms with Crippen molar-refractivity contribution in [2.45, 2.75) is 59.4 Å². The van der Waals surface area contributed by atoms with E-state index in [9.17, 15) is 14.4 Å². The minimum Gasteiger partial charge on any atom is -0.369 e. The van der Waals surface area contributed by atoms with Gasteiger partial charge in [0.2, 0.25) is 5.91 Å². The largest absolute Gasteiger partial charge is 0.369 e. The summed E-state index contributed by atoms with van der Waals surface area (Å²) in [4.78, 5) is 41.9. The molecule has 0 aromatic heterocycles. The quantitative estimate of drug-likeness (QED) is 0.531. The van der Waals surface area contributed by atoms with Crippen molar-refractivity contribution < 1.29 is 14.4 Å². The first-order chi connectivity index (χ1) is 16.4. The molecule has 7 heteroatoms. The Bertz CT molecular complexity index is 1260. The smallest absolute Gasteiger partial charge is 0.294 e. The predicted octanol–water partition coefficient (Wildman–Crippen LogP) is 6.01. The average Bonchev–Trinajstić information content (AvgIpc) is 3.02. The van der Waals surface area contributed by atoms with E-state index >= 15 is 0 Å². The predicted molar refractivity (Wildman–Crippen MR) is 144 cm³/mol. The highest BCUT2D eigenvalue weighted by molar-refractivity contribution is 8.18. The number of hydrogen-bond donors (Lipinski definition) is 1. The van der Waals surface area contributed by atoms with Crippen LogP contribution in [0, 0.1) is 20.8 Å². The summed E-state index contributed by atoms with van der Waals surface area (Å²) in [6.45, 7) is 12.3. The van der Waals surface area contributed by atoms with E-state index in [4.69, 9.17) is 0 Å². The maximum Gasteiger partial charge on any atom is 0.294 e. The lowest BCUT2D eigenvalue weighted by atomic mass is 9.79. The van der Waals surface area contributed by atoms with Crippen LogP contribution in [0.2, 0.25) is 0 Å². The number of nitrogens with one attached hydrogen (secondary N) is 1. The molecule has 0 radical (unpaired) electrons. The molecule has 6 nitrogen and oxygen atoms in total. The van der Waals surface area contributed by atoms with Gasteiger partial charge in [-0.15, -0.1) is 0 Å². The van der Waals surface area contributed by atoms with Crippen LogP contribution in [0.5, 0.6) is 0 Å². The van der Waals surface area contributed by atoms with E-state index in [2.05, 4.69) is 50.2 Å². The van der Waals surface area contributed by atoms with Crippen LogP contribution in [0.3, 0.4) is 0 Å². The molecule has 1 saturated heterocycles. The summed E-state index contributed by atoms with van der Waals surface area (Å²) in [5.74, 6) is -0.447. The Balaban J connectivity index is 1.54. The zero-order chi connectivity index (χ0) is 25.7. The lowest BCUT2D eigenvalue weighted by molar-refractivity contribution is -0.127. The molecule has 184 valence electrons. The van der Waals surface area contributed by atoms with Crippen molar-refractivity contribution in [1.29, 1.82) is 0 Å². The van der Waals surface area contributed by atoms with Crippen molar-refractivity contribution in [2.24, 2.45) is 0 Å². The van der Waals surface area contributed by atoms with Gasteiger partial charge in [0.1, 0.15) is 6.54 Å². The maximum absolute atomic E-state index is 13.0. The third-order valence-corrected chi connectivity index (χ3v) is 8.05. The summed E-state index contributed by atoms with van der Waals surface area (Å²) < 4.78 is 0. The fraction of sp³-hybridized carbons (Fsp3) is 0.393. The number of nitrogens with zero attached hydrogens (tertiary/aromatic N) is 2. The molecule has 2 aromatic carbocycles. The third kappa shape index (κ3) is 4.87. The van der Waals surface area contributed by atoms with Gasteiger partial charge in [0, 0.05) is 24.0 Å². The molecule has 35 heavy (non-hydrogen) atoms. The van der Waals surface area contributed by atoms with Gasteiger partial charge in [0.05, 0.1) is 4.91 Å². The second kappa shape index (κ2) is 9.19. The molecule has 0 spiro atoms. The molecule has 1 atom stereocenters. The molecular formula is C28H33N3O3S. The minimum atomic E-state index is -0.431. The molecule has 0 bridgehead atoms. The Morgan fingerprint density at radius 3 is 2.54 bits per heavy atom. The molecule has 2 aliphatic rings. The van der Waals surface area contributed by atoms with Gasteiger partial charge in [0.15, 0.2) is 0 Å². The number of amides is 3.